The number of aryl methyl sites for hydroxylation is 1. The molecule has 0 fully saturated rings. The molecular formula is C16H21NO2S. The number of aliphatic hydroxyl groups excluding tert-OH is 1. The van der Waals surface area contributed by atoms with Crippen LogP contribution in [0.2, 0.25) is 0 Å². The van der Waals surface area contributed by atoms with Crippen LogP contribution >= 0.6 is 11.3 Å². The summed E-state index contributed by atoms with van der Waals surface area (Å²) in [4.78, 5) is 1.25. The lowest BCUT2D eigenvalue weighted by molar-refractivity contribution is 0.170. The topological polar surface area (TPSA) is 41.5 Å². The van der Waals surface area contributed by atoms with Crippen molar-refractivity contribution in [3.05, 3.63) is 51.7 Å². The highest BCUT2D eigenvalue weighted by atomic mass is 32.1. The van der Waals surface area contributed by atoms with E-state index in [0.29, 0.717) is 0 Å². The zero-order valence-corrected chi connectivity index (χ0v) is 13.0. The van der Waals surface area contributed by atoms with Crippen LogP contribution in [0.5, 0.6) is 5.75 Å². The maximum absolute atomic E-state index is 9.86. The molecule has 1 aromatic carbocycles. The monoisotopic (exact) mass is 291 g/mol. The molecule has 0 radical (unpaired) electrons. The van der Waals surface area contributed by atoms with Gasteiger partial charge in [0.2, 0.25) is 0 Å². The van der Waals surface area contributed by atoms with E-state index in [9.17, 15) is 5.11 Å². The van der Waals surface area contributed by atoms with Crippen molar-refractivity contribution in [2.45, 2.75) is 25.9 Å². The average molecular weight is 291 g/mol. The summed E-state index contributed by atoms with van der Waals surface area (Å²) in [5.74, 6) is 0.797. The van der Waals surface area contributed by atoms with Crippen LogP contribution < -0.4 is 10.1 Å². The van der Waals surface area contributed by atoms with Crippen molar-refractivity contribution in [1.29, 1.82) is 0 Å². The van der Waals surface area contributed by atoms with Gasteiger partial charge < -0.3 is 15.2 Å². The average Bonchev–Trinajstić information content (AvgIpc) is 2.98. The van der Waals surface area contributed by atoms with Gasteiger partial charge in [0.25, 0.3) is 0 Å². The fourth-order valence-corrected chi connectivity index (χ4v) is 2.83. The Hall–Kier alpha value is -1.36. The quantitative estimate of drug-likeness (QED) is 0.859. The number of ether oxygens (including phenoxy) is 1. The van der Waals surface area contributed by atoms with Gasteiger partial charge in [-0.25, -0.2) is 0 Å². The number of nitrogens with one attached hydrogen (secondary N) is 1. The second-order valence-corrected chi connectivity index (χ2v) is 6.16. The summed E-state index contributed by atoms with van der Waals surface area (Å²) < 4.78 is 5.44. The standard InChI is InChI=1S/C16H21NO2S/c1-12-6-7-15(19-3)14(9-12)16(2,11-18)17-10-13-5-4-8-20-13/h4-9,17-18H,10-11H2,1-3H3. The summed E-state index contributed by atoms with van der Waals surface area (Å²) in [7, 11) is 1.66. The Morgan fingerprint density at radius 1 is 1.35 bits per heavy atom. The van der Waals surface area contributed by atoms with Crippen molar-refractivity contribution >= 4 is 11.3 Å². The minimum absolute atomic E-state index is 0.0121. The Balaban J connectivity index is 2.27. The number of hydrogen-bond acceptors (Lipinski definition) is 4. The van der Waals surface area contributed by atoms with Crippen LogP contribution in [-0.2, 0) is 12.1 Å². The third-order valence-corrected chi connectivity index (χ3v) is 4.37. The molecule has 0 aliphatic carbocycles. The highest BCUT2D eigenvalue weighted by molar-refractivity contribution is 7.09. The molecule has 0 aliphatic rings. The lowest BCUT2D eigenvalue weighted by Crippen LogP contribution is -2.42. The molecule has 0 spiro atoms. The molecule has 0 amide bonds. The van der Waals surface area contributed by atoms with Crippen molar-refractivity contribution < 1.29 is 9.84 Å². The maximum Gasteiger partial charge on any atom is 0.124 e. The smallest absolute Gasteiger partial charge is 0.124 e. The SMILES string of the molecule is COc1ccc(C)cc1C(C)(CO)NCc1cccs1. The molecule has 1 heterocycles. The molecule has 3 nitrogen and oxygen atoms in total. The van der Waals surface area contributed by atoms with Crippen molar-refractivity contribution in [2.75, 3.05) is 13.7 Å². The maximum atomic E-state index is 9.86. The fraction of sp³-hybridized carbons (Fsp3) is 0.375. The number of hydrogen-bond donors (Lipinski definition) is 2. The Kier molecular flexibility index (Phi) is 4.81. The zero-order valence-electron chi connectivity index (χ0n) is 12.1. The molecular weight excluding hydrogens is 270 g/mol. The van der Waals surface area contributed by atoms with E-state index in [1.165, 1.54) is 4.88 Å². The van der Waals surface area contributed by atoms with Gasteiger partial charge in [-0.1, -0.05) is 23.8 Å². The molecule has 108 valence electrons. The molecule has 1 unspecified atom stereocenters. The molecule has 20 heavy (non-hydrogen) atoms. The Bertz CT molecular complexity index is 554. The van der Waals surface area contributed by atoms with Crippen LogP contribution in [-0.4, -0.2) is 18.8 Å². The molecule has 2 N–H and O–H groups in total. The molecule has 0 saturated heterocycles. The molecule has 0 saturated carbocycles. The predicted octanol–water partition coefficient (Wildman–Crippen LogP) is 3.06. The third-order valence-electron chi connectivity index (χ3n) is 3.50. The second-order valence-electron chi connectivity index (χ2n) is 5.13. The van der Waals surface area contributed by atoms with Crippen molar-refractivity contribution in [3.8, 4) is 5.75 Å². The first-order valence-corrected chi connectivity index (χ1v) is 7.50. The van der Waals surface area contributed by atoms with E-state index in [1.54, 1.807) is 18.4 Å². The van der Waals surface area contributed by atoms with E-state index in [-0.39, 0.29) is 6.61 Å². The van der Waals surface area contributed by atoms with Gasteiger partial charge in [-0.2, -0.15) is 0 Å². The van der Waals surface area contributed by atoms with E-state index in [4.69, 9.17) is 4.74 Å². The molecule has 0 bridgehead atoms. The number of aliphatic hydroxyl groups is 1. The molecule has 2 aromatic rings. The summed E-state index contributed by atoms with van der Waals surface area (Å²) in [6.07, 6.45) is 0. The fourth-order valence-electron chi connectivity index (χ4n) is 2.18. The van der Waals surface area contributed by atoms with Crippen molar-refractivity contribution in [2.24, 2.45) is 0 Å². The van der Waals surface area contributed by atoms with Crippen LogP contribution in [0.25, 0.3) is 0 Å². The van der Waals surface area contributed by atoms with E-state index >= 15 is 0 Å². The first-order chi connectivity index (χ1) is 9.59. The van der Waals surface area contributed by atoms with Gasteiger partial charge in [0.1, 0.15) is 5.75 Å². The van der Waals surface area contributed by atoms with Crippen LogP contribution in [0.1, 0.15) is 22.9 Å². The highest BCUT2D eigenvalue weighted by Gasteiger charge is 2.28. The lowest BCUT2D eigenvalue weighted by atomic mass is 9.90. The van der Waals surface area contributed by atoms with Crippen LogP contribution in [0, 0.1) is 6.92 Å². The zero-order chi connectivity index (χ0) is 14.6. The van der Waals surface area contributed by atoms with Gasteiger partial charge in [-0.05, 0) is 31.4 Å². The molecule has 1 aromatic heterocycles. The number of methoxy groups -OCH3 is 1. The molecule has 4 heteroatoms. The second kappa shape index (κ2) is 6.39. The van der Waals surface area contributed by atoms with E-state index in [2.05, 4.69) is 22.8 Å². The number of rotatable bonds is 6. The van der Waals surface area contributed by atoms with Crippen LogP contribution in [0.4, 0.5) is 0 Å². The molecule has 0 aliphatic heterocycles. The molecule has 2 rings (SSSR count). The van der Waals surface area contributed by atoms with Gasteiger partial charge >= 0.3 is 0 Å². The van der Waals surface area contributed by atoms with Gasteiger partial charge in [0, 0.05) is 17.0 Å². The largest absolute Gasteiger partial charge is 0.496 e. The van der Waals surface area contributed by atoms with Gasteiger partial charge in [-0.15, -0.1) is 11.3 Å². The third kappa shape index (κ3) is 3.20. The number of thiophene rings is 1. The minimum Gasteiger partial charge on any atom is -0.496 e. The van der Waals surface area contributed by atoms with Crippen molar-refractivity contribution in [1.82, 2.24) is 5.32 Å². The Morgan fingerprint density at radius 2 is 2.15 bits per heavy atom. The summed E-state index contributed by atoms with van der Waals surface area (Å²) in [5.41, 5.74) is 1.61. The Morgan fingerprint density at radius 3 is 2.75 bits per heavy atom. The van der Waals surface area contributed by atoms with Gasteiger partial charge in [0.15, 0.2) is 0 Å². The Labute approximate surface area is 124 Å². The van der Waals surface area contributed by atoms with Crippen molar-refractivity contribution in [3.63, 3.8) is 0 Å². The summed E-state index contributed by atoms with van der Waals surface area (Å²) in [6, 6.07) is 10.1. The molecule has 1 atom stereocenters. The van der Waals surface area contributed by atoms with E-state index < -0.39 is 5.54 Å². The minimum atomic E-state index is -0.526. The summed E-state index contributed by atoms with van der Waals surface area (Å²) in [5, 5.41) is 15.4. The summed E-state index contributed by atoms with van der Waals surface area (Å²) >= 11 is 1.71. The van der Waals surface area contributed by atoms with E-state index in [0.717, 1.165) is 23.4 Å². The first-order valence-electron chi connectivity index (χ1n) is 6.62. The predicted molar refractivity (Wildman–Crippen MR) is 83.3 cm³/mol. The highest BCUT2D eigenvalue weighted by Crippen LogP contribution is 2.31. The first kappa shape index (κ1) is 15.0. The summed E-state index contributed by atoms with van der Waals surface area (Å²) in [6.45, 7) is 4.78. The lowest BCUT2D eigenvalue weighted by Gasteiger charge is -2.31. The van der Waals surface area contributed by atoms with Gasteiger partial charge in [-0.3, -0.25) is 0 Å². The van der Waals surface area contributed by atoms with E-state index in [1.807, 2.05) is 32.0 Å². The normalized spacial score (nSPS) is 14.0. The van der Waals surface area contributed by atoms with Crippen LogP contribution in [0.15, 0.2) is 35.7 Å². The van der Waals surface area contributed by atoms with Crippen LogP contribution in [0.3, 0.4) is 0 Å². The number of benzene rings is 1. The van der Waals surface area contributed by atoms with Gasteiger partial charge in [0.05, 0.1) is 19.3 Å².